The standard InChI is InChI=1S/C20H27N5O2/c26-20(16-24-9-3-5-17(24)15-25-10-4-8-21-25)22-18-6-1-2-7-19(18)23-11-13-27-14-12-23/h1-2,4,6-8,10,17H,3,5,9,11-16H2,(H,22,26). The van der Waals surface area contributed by atoms with Crippen LogP contribution in [0.15, 0.2) is 42.7 Å². The third-order valence-corrected chi connectivity index (χ3v) is 5.33. The number of carbonyl (C=O) groups excluding carboxylic acids is 1. The van der Waals surface area contributed by atoms with Crippen molar-refractivity contribution in [3.63, 3.8) is 0 Å². The first-order valence-corrected chi connectivity index (χ1v) is 9.72. The number of benzene rings is 1. The second-order valence-electron chi connectivity index (χ2n) is 7.16. The van der Waals surface area contributed by atoms with E-state index in [9.17, 15) is 4.79 Å². The first-order valence-electron chi connectivity index (χ1n) is 9.72. The van der Waals surface area contributed by atoms with Crippen molar-refractivity contribution < 1.29 is 9.53 Å². The van der Waals surface area contributed by atoms with Gasteiger partial charge in [-0.15, -0.1) is 0 Å². The lowest BCUT2D eigenvalue weighted by molar-refractivity contribution is -0.117. The van der Waals surface area contributed by atoms with Crippen molar-refractivity contribution in [2.24, 2.45) is 0 Å². The molecule has 144 valence electrons. The molecule has 1 unspecified atom stereocenters. The minimum atomic E-state index is 0.0445. The molecule has 1 aromatic carbocycles. The Morgan fingerprint density at radius 1 is 1.19 bits per heavy atom. The number of hydrogen-bond acceptors (Lipinski definition) is 5. The Morgan fingerprint density at radius 3 is 2.85 bits per heavy atom. The number of likely N-dealkylation sites (tertiary alicyclic amines) is 1. The molecule has 27 heavy (non-hydrogen) atoms. The van der Waals surface area contributed by atoms with Crippen LogP contribution in [0.1, 0.15) is 12.8 Å². The van der Waals surface area contributed by atoms with Crippen LogP contribution in [0.3, 0.4) is 0 Å². The molecule has 1 amide bonds. The largest absolute Gasteiger partial charge is 0.378 e. The molecular weight excluding hydrogens is 342 g/mol. The van der Waals surface area contributed by atoms with Crippen LogP contribution in [0, 0.1) is 0 Å². The van der Waals surface area contributed by atoms with Crippen LogP contribution in [-0.2, 0) is 16.1 Å². The first-order chi connectivity index (χ1) is 13.3. The number of carbonyl (C=O) groups is 1. The van der Waals surface area contributed by atoms with Crippen molar-refractivity contribution in [2.75, 3.05) is 49.6 Å². The van der Waals surface area contributed by atoms with E-state index in [0.29, 0.717) is 12.6 Å². The Balaban J connectivity index is 1.38. The van der Waals surface area contributed by atoms with Crippen molar-refractivity contribution >= 4 is 17.3 Å². The quantitative estimate of drug-likeness (QED) is 0.842. The Labute approximate surface area is 159 Å². The lowest BCUT2D eigenvalue weighted by atomic mass is 10.2. The highest BCUT2D eigenvalue weighted by Crippen LogP contribution is 2.26. The van der Waals surface area contributed by atoms with E-state index in [0.717, 1.165) is 63.6 Å². The predicted octanol–water partition coefficient (Wildman–Crippen LogP) is 1.82. The van der Waals surface area contributed by atoms with Gasteiger partial charge < -0.3 is 15.0 Å². The molecule has 0 aliphatic carbocycles. The van der Waals surface area contributed by atoms with E-state index in [1.54, 1.807) is 6.20 Å². The molecule has 0 radical (unpaired) electrons. The van der Waals surface area contributed by atoms with Crippen molar-refractivity contribution in [1.82, 2.24) is 14.7 Å². The molecule has 7 nitrogen and oxygen atoms in total. The van der Waals surface area contributed by atoms with E-state index in [-0.39, 0.29) is 5.91 Å². The van der Waals surface area contributed by atoms with Gasteiger partial charge in [0.2, 0.25) is 5.91 Å². The van der Waals surface area contributed by atoms with Gasteiger partial charge in [-0.2, -0.15) is 5.10 Å². The Hall–Kier alpha value is -2.38. The zero-order valence-electron chi connectivity index (χ0n) is 15.6. The van der Waals surface area contributed by atoms with Gasteiger partial charge in [-0.1, -0.05) is 12.1 Å². The molecular formula is C20H27N5O2. The summed E-state index contributed by atoms with van der Waals surface area (Å²) in [5, 5.41) is 7.43. The number of amides is 1. The smallest absolute Gasteiger partial charge is 0.238 e. The minimum absolute atomic E-state index is 0.0445. The van der Waals surface area contributed by atoms with Crippen molar-refractivity contribution in [3.8, 4) is 0 Å². The van der Waals surface area contributed by atoms with Gasteiger partial charge in [0, 0.05) is 31.5 Å². The van der Waals surface area contributed by atoms with Crippen LogP contribution in [-0.4, -0.2) is 66.0 Å². The number of nitrogens with zero attached hydrogens (tertiary/aromatic N) is 4. The number of anilines is 2. The van der Waals surface area contributed by atoms with Gasteiger partial charge in [0.05, 0.1) is 37.7 Å². The van der Waals surface area contributed by atoms with Crippen LogP contribution in [0.2, 0.25) is 0 Å². The van der Waals surface area contributed by atoms with Crippen LogP contribution in [0.25, 0.3) is 0 Å². The molecule has 0 saturated carbocycles. The normalized spacial score (nSPS) is 20.7. The van der Waals surface area contributed by atoms with Crippen molar-refractivity contribution in [3.05, 3.63) is 42.7 Å². The predicted molar refractivity (Wildman–Crippen MR) is 105 cm³/mol. The minimum Gasteiger partial charge on any atom is -0.378 e. The molecule has 2 aliphatic rings. The summed E-state index contributed by atoms with van der Waals surface area (Å²) in [5.74, 6) is 0.0445. The third-order valence-electron chi connectivity index (χ3n) is 5.33. The number of aromatic nitrogens is 2. The number of morpholine rings is 1. The number of ether oxygens (including phenoxy) is 1. The molecule has 2 aliphatic heterocycles. The van der Waals surface area contributed by atoms with Crippen LogP contribution < -0.4 is 10.2 Å². The summed E-state index contributed by atoms with van der Waals surface area (Å²) in [7, 11) is 0. The Kier molecular flexibility index (Phi) is 5.69. The maximum Gasteiger partial charge on any atom is 0.238 e. The topological polar surface area (TPSA) is 62.6 Å². The molecule has 0 spiro atoms. The average molecular weight is 369 g/mol. The summed E-state index contributed by atoms with van der Waals surface area (Å²) < 4.78 is 7.40. The van der Waals surface area contributed by atoms with E-state index in [1.807, 2.05) is 35.1 Å². The fourth-order valence-corrected chi connectivity index (χ4v) is 3.97. The second-order valence-corrected chi connectivity index (χ2v) is 7.16. The molecule has 2 aromatic rings. The number of hydrogen-bond donors (Lipinski definition) is 1. The van der Waals surface area contributed by atoms with E-state index >= 15 is 0 Å². The molecule has 2 fully saturated rings. The van der Waals surface area contributed by atoms with Crippen LogP contribution in [0.5, 0.6) is 0 Å². The highest BCUT2D eigenvalue weighted by Gasteiger charge is 2.27. The molecule has 1 N–H and O–H groups in total. The Bertz CT molecular complexity index is 743. The highest BCUT2D eigenvalue weighted by atomic mass is 16.5. The fraction of sp³-hybridized carbons (Fsp3) is 0.500. The summed E-state index contributed by atoms with van der Waals surface area (Å²) in [5.41, 5.74) is 1.95. The summed E-state index contributed by atoms with van der Waals surface area (Å²) in [4.78, 5) is 17.3. The molecule has 0 bridgehead atoms. The Morgan fingerprint density at radius 2 is 2.04 bits per heavy atom. The lowest BCUT2D eigenvalue weighted by Crippen LogP contribution is -2.39. The molecule has 1 atom stereocenters. The van der Waals surface area contributed by atoms with Gasteiger partial charge in [-0.05, 0) is 37.6 Å². The van der Waals surface area contributed by atoms with E-state index < -0.39 is 0 Å². The molecule has 3 heterocycles. The zero-order valence-corrected chi connectivity index (χ0v) is 15.6. The lowest BCUT2D eigenvalue weighted by Gasteiger charge is -2.30. The van der Waals surface area contributed by atoms with Crippen LogP contribution >= 0.6 is 0 Å². The summed E-state index contributed by atoms with van der Waals surface area (Å²) in [6.45, 7) is 5.38. The highest BCUT2D eigenvalue weighted by molar-refractivity contribution is 5.95. The van der Waals surface area contributed by atoms with Crippen LogP contribution in [0.4, 0.5) is 11.4 Å². The maximum atomic E-state index is 12.7. The van der Waals surface area contributed by atoms with Gasteiger partial charge in [-0.3, -0.25) is 14.4 Å². The van der Waals surface area contributed by atoms with E-state index in [2.05, 4.69) is 26.3 Å². The summed E-state index contributed by atoms with van der Waals surface area (Å²) >= 11 is 0. The number of nitrogens with one attached hydrogen (secondary N) is 1. The van der Waals surface area contributed by atoms with Crippen molar-refractivity contribution in [1.29, 1.82) is 0 Å². The van der Waals surface area contributed by atoms with Gasteiger partial charge in [-0.25, -0.2) is 0 Å². The average Bonchev–Trinajstić information content (AvgIpc) is 3.36. The number of para-hydroxylation sites is 2. The van der Waals surface area contributed by atoms with E-state index in [4.69, 9.17) is 4.74 Å². The van der Waals surface area contributed by atoms with Gasteiger partial charge in [0.15, 0.2) is 0 Å². The monoisotopic (exact) mass is 369 g/mol. The molecule has 7 heteroatoms. The van der Waals surface area contributed by atoms with E-state index in [1.165, 1.54) is 0 Å². The maximum absolute atomic E-state index is 12.7. The summed E-state index contributed by atoms with van der Waals surface area (Å²) in [6, 6.07) is 10.3. The van der Waals surface area contributed by atoms with Gasteiger partial charge in [0.25, 0.3) is 0 Å². The molecule has 4 rings (SSSR count). The number of rotatable bonds is 6. The third kappa shape index (κ3) is 4.48. The second kappa shape index (κ2) is 8.54. The molecule has 1 aromatic heterocycles. The van der Waals surface area contributed by atoms with Gasteiger partial charge in [0.1, 0.15) is 0 Å². The SMILES string of the molecule is O=C(CN1CCCC1Cn1cccn1)Nc1ccccc1N1CCOCC1. The van der Waals surface area contributed by atoms with Gasteiger partial charge >= 0.3 is 0 Å². The first kappa shape index (κ1) is 18.0. The fourth-order valence-electron chi connectivity index (χ4n) is 3.97. The zero-order chi connectivity index (χ0) is 18.5. The van der Waals surface area contributed by atoms with Crippen molar-refractivity contribution in [2.45, 2.75) is 25.4 Å². The summed E-state index contributed by atoms with van der Waals surface area (Å²) in [6.07, 6.45) is 6.02. The molecule has 2 saturated heterocycles.